The van der Waals surface area contributed by atoms with Crippen molar-refractivity contribution in [3.05, 3.63) is 0 Å². The quantitative estimate of drug-likeness (QED) is 0.778. The molecule has 0 bridgehead atoms. The Balaban J connectivity index is 1.67. The number of rotatable bonds is 6. The Morgan fingerprint density at radius 3 is 2.48 bits per heavy atom. The molecule has 2 unspecified atom stereocenters. The standard InChI is InChI=1S/C16H31NO4/c1-15(2)9-14(16(3,4)21-15)17-10-12(18)11-20-13-5-7-19-8-6-13/h12-14,17-18H,5-11H2,1-4H3. The highest BCUT2D eigenvalue weighted by Gasteiger charge is 2.45. The van der Waals surface area contributed by atoms with Crippen LogP contribution in [-0.4, -0.2) is 60.9 Å². The molecule has 2 saturated heterocycles. The fourth-order valence-corrected chi connectivity index (χ4v) is 3.31. The maximum atomic E-state index is 10.1. The van der Waals surface area contributed by atoms with Crippen LogP contribution in [0.3, 0.4) is 0 Å². The van der Waals surface area contributed by atoms with E-state index in [1.807, 2.05) is 0 Å². The summed E-state index contributed by atoms with van der Waals surface area (Å²) in [7, 11) is 0. The summed E-state index contributed by atoms with van der Waals surface area (Å²) in [6.07, 6.45) is 2.56. The van der Waals surface area contributed by atoms with Crippen LogP contribution in [0.2, 0.25) is 0 Å². The molecule has 2 aliphatic rings. The van der Waals surface area contributed by atoms with Crippen LogP contribution in [0.1, 0.15) is 47.0 Å². The molecule has 2 fully saturated rings. The van der Waals surface area contributed by atoms with Gasteiger partial charge in [0.2, 0.25) is 0 Å². The predicted octanol–water partition coefficient (Wildman–Crippen LogP) is 1.48. The zero-order valence-corrected chi connectivity index (χ0v) is 13.9. The van der Waals surface area contributed by atoms with Gasteiger partial charge in [0.25, 0.3) is 0 Å². The Bertz CT molecular complexity index is 326. The van der Waals surface area contributed by atoms with Crippen LogP contribution in [-0.2, 0) is 14.2 Å². The van der Waals surface area contributed by atoms with Gasteiger partial charge in [-0.1, -0.05) is 0 Å². The minimum atomic E-state index is -0.479. The molecule has 5 nitrogen and oxygen atoms in total. The third-order valence-corrected chi connectivity index (χ3v) is 4.37. The Morgan fingerprint density at radius 2 is 1.90 bits per heavy atom. The van der Waals surface area contributed by atoms with Gasteiger partial charge in [0.1, 0.15) is 0 Å². The van der Waals surface area contributed by atoms with Crippen molar-refractivity contribution >= 4 is 0 Å². The molecule has 0 aromatic rings. The van der Waals surface area contributed by atoms with E-state index < -0.39 is 6.10 Å². The van der Waals surface area contributed by atoms with E-state index in [1.165, 1.54) is 0 Å². The van der Waals surface area contributed by atoms with Crippen LogP contribution in [0.25, 0.3) is 0 Å². The molecule has 124 valence electrons. The van der Waals surface area contributed by atoms with E-state index in [1.54, 1.807) is 0 Å². The van der Waals surface area contributed by atoms with E-state index in [9.17, 15) is 5.11 Å². The zero-order valence-electron chi connectivity index (χ0n) is 13.9. The summed E-state index contributed by atoms with van der Waals surface area (Å²) in [5.41, 5.74) is -0.310. The number of hydrogen-bond donors (Lipinski definition) is 2. The summed E-state index contributed by atoms with van der Waals surface area (Å²) < 4.78 is 17.1. The zero-order chi connectivity index (χ0) is 15.5. The summed E-state index contributed by atoms with van der Waals surface area (Å²) in [5.74, 6) is 0. The minimum absolute atomic E-state index is 0.106. The van der Waals surface area contributed by atoms with Gasteiger partial charge >= 0.3 is 0 Å². The summed E-state index contributed by atoms with van der Waals surface area (Å²) in [6, 6.07) is 0.255. The number of aliphatic hydroxyl groups excluding tert-OH is 1. The van der Waals surface area contributed by atoms with Crippen molar-refractivity contribution < 1.29 is 19.3 Å². The van der Waals surface area contributed by atoms with Crippen LogP contribution in [0.15, 0.2) is 0 Å². The smallest absolute Gasteiger partial charge is 0.0897 e. The van der Waals surface area contributed by atoms with E-state index in [-0.39, 0.29) is 23.3 Å². The number of ether oxygens (including phenoxy) is 3. The van der Waals surface area contributed by atoms with Crippen LogP contribution >= 0.6 is 0 Å². The number of aliphatic hydroxyl groups is 1. The predicted molar refractivity (Wildman–Crippen MR) is 81.5 cm³/mol. The van der Waals surface area contributed by atoms with E-state index in [0.29, 0.717) is 13.2 Å². The van der Waals surface area contributed by atoms with Crippen molar-refractivity contribution in [1.82, 2.24) is 5.32 Å². The van der Waals surface area contributed by atoms with Crippen molar-refractivity contribution in [3.8, 4) is 0 Å². The monoisotopic (exact) mass is 301 g/mol. The molecular weight excluding hydrogens is 270 g/mol. The van der Waals surface area contributed by atoms with Crippen LogP contribution in [0.5, 0.6) is 0 Å². The summed E-state index contributed by atoms with van der Waals surface area (Å²) >= 11 is 0. The maximum Gasteiger partial charge on any atom is 0.0897 e. The first-order valence-corrected chi connectivity index (χ1v) is 8.09. The Kier molecular flexibility index (Phi) is 5.65. The van der Waals surface area contributed by atoms with Gasteiger partial charge in [0.15, 0.2) is 0 Å². The van der Waals surface area contributed by atoms with Crippen molar-refractivity contribution in [2.24, 2.45) is 0 Å². The highest BCUT2D eigenvalue weighted by Crippen LogP contribution is 2.37. The third-order valence-electron chi connectivity index (χ3n) is 4.37. The maximum absolute atomic E-state index is 10.1. The molecule has 2 rings (SSSR count). The van der Waals surface area contributed by atoms with Crippen molar-refractivity contribution in [1.29, 1.82) is 0 Å². The Hall–Kier alpha value is -0.200. The van der Waals surface area contributed by atoms with E-state index in [0.717, 1.165) is 32.5 Å². The average molecular weight is 301 g/mol. The van der Waals surface area contributed by atoms with Gasteiger partial charge in [-0.2, -0.15) is 0 Å². The highest BCUT2D eigenvalue weighted by atomic mass is 16.5. The van der Waals surface area contributed by atoms with Crippen LogP contribution in [0.4, 0.5) is 0 Å². The molecular formula is C16H31NO4. The van der Waals surface area contributed by atoms with Crippen molar-refractivity contribution in [2.75, 3.05) is 26.4 Å². The fourth-order valence-electron chi connectivity index (χ4n) is 3.31. The molecule has 0 saturated carbocycles. The molecule has 2 atom stereocenters. The molecule has 21 heavy (non-hydrogen) atoms. The largest absolute Gasteiger partial charge is 0.389 e. The second-order valence-electron chi connectivity index (χ2n) is 7.43. The first kappa shape index (κ1) is 17.2. The highest BCUT2D eigenvalue weighted by molar-refractivity contribution is 4.99. The van der Waals surface area contributed by atoms with E-state index >= 15 is 0 Å². The fraction of sp³-hybridized carbons (Fsp3) is 1.00. The lowest BCUT2D eigenvalue weighted by atomic mass is 9.94. The van der Waals surface area contributed by atoms with Crippen LogP contribution < -0.4 is 5.32 Å². The van der Waals surface area contributed by atoms with Gasteiger partial charge in [-0.3, -0.25) is 0 Å². The summed E-state index contributed by atoms with van der Waals surface area (Å²) in [5, 5.41) is 13.5. The van der Waals surface area contributed by atoms with E-state index in [2.05, 4.69) is 33.0 Å². The lowest BCUT2D eigenvalue weighted by molar-refractivity contribution is -0.0728. The molecule has 0 aliphatic carbocycles. The SMILES string of the molecule is CC1(C)CC(NCC(O)COC2CCOCC2)C(C)(C)O1. The number of hydrogen-bond acceptors (Lipinski definition) is 5. The van der Waals surface area contributed by atoms with E-state index in [4.69, 9.17) is 14.2 Å². The first-order valence-electron chi connectivity index (χ1n) is 8.09. The van der Waals surface area contributed by atoms with Crippen molar-refractivity contribution in [3.63, 3.8) is 0 Å². The second kappa shape index (κ2) is 6.92. The summed E-state index contributed by atoms with van der Waals surface area (Å²) in [4.78, 5) is 0. The van der Waals surface area contributed by atoms with Crippen LogP contribution in [0, 0.1) is 0 Å². The molecule has 5 heteroatoms. The molecule has 2 heterocycles. The normalized spacial score (nSPS) is 30.4. The molecule has 0 aromatic carbocycles. The molecule has 0 amide bonds. The van der Waals surface area contributed by atoms with Gasteiger partial charge < -0.3 is 24.6 Å². The van der Waals surface area contributed by atoms with Gasteiger partial charge in [0, 0.05) is 25.8 Å². The molecule has 0 radical (unpaired) electrons. The molecule has 0 aromatic heterocycles. The molecule has 0 spiro atoms. The van der Waals surface area contributed by atoms with Gasteiger partial charge in [-0.25, -0.2) is 0 Å². The minimum Gasteiger partial charge on any atom is -0.389 e. The third kappa shape index (κ3) is 5.18. The lowest BCUT2D eigenvalue weighted by Gasteiger charge is -2.29. The first-order chi connectivity index (χ1) is 9.78. The van der Waals surface area contributed by atoms with Gasteiger partial charge in [-0.05, 0) is 47.0 Å². The Morgan fingerprint density at radius 1 is 1.24 bits per heavy atom. The topological polar surface area (TPSA) is 60.0 Å². The molecule has 2 aliphatic heterocycles. The van der Waals surface area contributed by atoms with Gasteiger partial charge in [0.05, 0.1) is 30.0 Å². The lowest BCUT2D eigenvalue weighted by Crippen LogP contribution is -2.46. The summed E-state index contributed by atoms with van der Waals surface area (Å²) in [6.45, 7) is 10.9. The molecule has 2 N–H and O–H groups in total. The number of nitrogens with one attached hydrogen (secondary N) is 1. The Labute approximate surface area is 128 Å². The van der Waals surface area contributed by atoms with Crippen molar-refractivity contribution in [2.45, 2.75) is 76.4 Å². The average Bonchev–Trinajstić information content (AvgIpc) is 2.62. The van der Waals surface area contributed by atoms with Gasteiger partial charge in [-0.15, -0.1) is 0 Å². The second-order valence-corrected chi connectivity index (χ2v) is 7.43.